The van der Waals surface area contributed by atoms with Crippen LogP contribution in [0, 0.1) is 17.2 Å². The van der Waals surface area contributed by atoms with Crippen molar-refractivity contribution in [3.05, 3.63) is 33.6 Å². The van der Waals surface area contributed by atoms with Crippen LogP contribution in [0.25, 0.3) is 0 Å². The van der Waals surface area contributed by atoms with E-state index in [0.29, 0.717) is 11.8 Å². The minimum Gasteiger partial charge on any atom is -0.339 e. The van der Waals surface area contributed by atoms with Crippen LogP contribution in [-0.4, -0.2) is 28.1 Å². The van der Waals surface area contributed by atoms with Gasteiger partial charge in [-0.25, -0.2) is 0 Å². The van der Waals surface area contributed by atoms with Gasteiger partial charge in [-0.15, -0.1) is 11.3 Å². The van der Waals surface area contributed by atoms with Crippen LogP contribution < -0.4 is 0 Å². The van der Waals surface area contributed by atoms with E-state index in [2.05, 4.69) is 36.0 Å². The van der Waals surface area contributed by atoms with Gasteiger partial charge in [0.05, 0.1) is 5.41 Å². The maximum absolute atomic E-state index is 9.00. The van der Waals surface area contributed by atoms with Gasteiger partial charge in [0.25, 0.3) is 0 Å². The number of thiophene rings is 1. The van der Waals surface area contributed by atoms with E-state index in [1.165, 1.54) is 17.7 Å². The minimum absolute atomic E-state index is 0.0372. The maximum atomic E-state index is 9.00. The third-order valence-corrected chi connectivity index (χ3v) is 6.45. The fraction of sp³-hybridized carbons (Fsp3) is 0.611. The van der Waals surface area contributed by atoms with Gasteiger partial charge in [0, 0.05) is 30.4 Å². The minimum atomic E-state index is 0.0372. The molecule has 0 amide bonds. The van der Waals surface area contributed by atoms with Gasteiger partial charge in [0.15, 0.2) is 5.82 Å². The third kappa shape index (κ3) is 2.56. The van der Waals surface area contributed by atoms with Crippen LogP contribution in [0.1, 0.15) is 60.5 Å². The Balaban J connectivity index is 1.55. The molecule has 6 heteroatoms. The van der Waals surface area contributed by atoms with Crippen molar-refractivity contribution in [3.8, 4) is 6.07 Å². The van der Waals surface area contributed by atoms with E-state index >= 15 is 0 Å². The average molecular weight is 342 g/mol. The van der Waals surface area contributed by atoms with E-state index < -0.39 is 0 Å². The van der Waals surface area contributed by atoms with Gasteiger partial charge in [0.1, 0.15) is 10.9 Å². The molecule has 0 radical (unpaired) electrons. The summed E-state index contributed by atoms with van der Waals surface area (Å²) in [5.74, 6) is 2.57. The van der Waals surface area contributed by atoms with Gasteiger partial charge >= 0.3 is 0 Å². The predicted octanol–water partition coefficient (Wildman–Crippen LogP) is 3.68. The molecule has 4 rings (SSSR count). The number of likely N-dealkylation sites (tertiary alicyclic amines) is 1. The molecule has 1 saturated carbocycles. The van der Waals surface area contributed by atoms with Crippen LogP contribution in [0.4, 0.5) is 0 Å². The predicted molar refractivity (Wildman–Crippen MR) is 91.7 cm³/mol. The molecule has 2 aromatic rings. The highest BCUT2D eigenvalue weighted by Crippen LogP contribution is 2.50. The van der Waals surface area contributed by atoms with Crippen LogP contribution in [0.15, 0.2) is 16.7 Å². The molecule has 2 atom stereocenters. The van der Waals surface area contributed by atoms with E-state index in [0.717, 1.165) is 42.6 Å². The first-order valence-electron chi connectivity index (χ1n) is 8.66. The Morgan fingerprint density at radius 2 is 2.38 bits per heavy atom. The molecule has 24 heavy (non-hydrogen) atoms. The lowest BCUT2D eigenvalue weighted by molar-refractivity contribution is 0.245. The average Bonchev–Trinajstić information content (AvgIpc) is 3.29. The molecule has 2 aliphatic rings. The fourth-order valence-corrected chi connectivity index (χ4v) is 5.13. The van der Waals surface area contributed by atoms with Crippen molar-refractivity contribution in [1.29, 1.82) is 5.26 Å². The molecule has 0 bridgehead atoms. The van der Waals surface area contributed by atoms with E-state index in [4.69, 9.17) is 14.8 Å². The SMILES string of the molecule is CC(C)c1noc([C@@]23CCC[C@@H]2CN(Cc2ccc(C#N)s2)C3)n1. The molecule has 126 valence electrons. The van der Waals surface area contributed by atoms with E-state index in [1.807, 2.05) is 6.07 Å². The molecule has 0 N–H and O–H groups in total. The van der Waals surface area contributed by atoms with Gasteiger partial charge in [-0.3, -0.25) is 4.90 Å². The quantitative estimate of drug-likeness (QED) is 0.848. The van der Waals surface area contributed by atoms with Crippen LogP contribution in [0.3, 0.4) is 0 Å². The first kappa shape index (κ1) is 15.8. The zero-order valence-electron chi connectivity index (χ0n) is 14.2. The molecule has 0 spiro atoms. The first-order chi connectivity index (χ1) is 11.6. The summed E-state index contributed by atoms with van der Waals surface area (Å²) in [7, 11) is 0. The molecule has 0 aromatic carbocycles. The van der Waals surface area contributed by atoms with Crippen molar-refractivity contribution in [3.63, 3.8) is 0 Å². The lowest BCUT2D eigenvalue weighted by Gasteiger charge is -2.24. The van der Waals surface area contributed by atoms with Crippen molar-refractivity contribution < 1.29 is 4.52 Å². The topological polar surface area (TPSA) is 66.0 Å². The van der Waals surface area contributed by atoms with E-state index in [9.17, 15) is 0 Å². The standard InChI is InChI=1S/C18H22N4OS/c1-12(2)16-20-17(23-21-16)18-7-3-4-13(18)9-22(11-18)10-15-6-5-14(8-19)24-15/h5-6,12-13H,3-4,7,9-11H2,1-2H3/t13-,18-/m1/s1. The summed E-state index contributed by atoms with van der Waals surface area (Å²) in [6.07, 6.45) is 3.63. The zero-order valence-corrected chi connectivity index (χ0v) is 15.0. The summed E-state index contributed by atoms with van der Waals surface area (Å²) >= 11 is 1.60. The smallest absolute Gasteiger partial charge is 0.234 e. The van der Waals surface area contributed by atoms with Crippen LogP contribution in [-0.2, 0) is 12.0 Å². The second kappa shape index (κ2) is 5.98. The molecular formula is C18H22N4OS. The van der Waals surface area contributed by atoms with Gasteiger partial charge in [0.2, 0.25) is 5.89 Å². The number of aromatic nitrogens is 2. The number of rotatable bonds is 4. The normalized spacial score (nSPS) is 26.8. The van der Waals surface area contributed by atoms with Crippen molar-refractivity contribution >= 4 is 11.3 Å². The lowest BCUT2D eigenvalue weighted by Crippen LogP contribution is -2.32. The summed E-state index contributed by atoms with van der Waals surface area (Å²) in [5.41, 5.74) is 0.0372. The highest BCUT2D eigenvalue weighted by atomic mass is 32.1. The maximum Gasteiger partial charge on any atom is 0.234 e. The Morgan fingerprint density at radius 1 is 1.50 bits per heavy atom. The zero-order chi connectivity index (χ0) is 16.7. The fourth-order valence-electron chi connectivity index (χ4n) is 4.28. The summed E-state index contributed by atoms with van der Waals surface area (Å²) in [6, 6.07) is 6.22. The summed E-state index contributed by atoms with van der Waals surface area (Å²) < 4.78 is 5.71. The van der Waals surface area contributed by atoms with Gasteiger partial charge in [-0.05, 0) is 30.9 Å². The van der Waals surface area contributed by atoms with Crippen molar-refractivity contribution in [1.82, 2.24) is 15.0 Å². The molecule has 2 fully saturated rings. The highest BCUT2D eigenvalue weighted by Gasteiger charge is 2.54. The van der Waals surface area contributed by atoms with Crippen molar-refractivity contribution in [2.45, 2.75) is 51.0 Å². The summed E-state index contributed by atoms with van der Waals surface area (Å²) in [4.78, 5) is 9.28. The monoisotopic (exact) mass is 342 g/mol. The molecule has 1 saturated heterocycles. The van der Waals surface area contributed by atoms with Crippen LogP contribution in [0.5, 0.6) is 0 Å². The number of hydrogen-bond donors (Lipinski definition) is 0. The van der Waals surface area contributed by atoms with E-state index in [1.54, 1.807) is 11.3 Å². The lowest BCUT2D eigenvalue weighted by atomic mass is 9.80. The number of hydrogen-bond acceptors (Lipinski definition) is 6. The number of nitriles is 1. The molecule has 3 heterocycles. The van der Waals surface area contributed by atoms with Gasteiger partial charge < -0.3 is 4.52 Å². The number of fused-ring (bicyclic) bond motifs is 1. The Hall–Kier alpha value is -1.71. The Kier molecular flexibility index (Phi) is 3.93. The molecule has 2 aromatic heterocycles. The third-order valence-electron chi connectivity index (χ3n) is 5.48. The number of nitrogens with zero attached hydrogens (tertiary/aromatic N) is 4. The Labute approximate surface area is 146 Å². The second-order valence-electron chi connectivity index (χ2n) is 7.41. The summed E-state index contributed by atoms with van der Waals surface area (Å²) in [5, 5.41) is 13.2. The van der Waals surface area contributed by atoms with Gasteiger partial charge in [-0.2, -0.15) is 10.2 Å². The molecule has 5 nitrogen and oxygen atoms in total. The Bertz CT molecular complexity index is 774. The highest BCUT2D eigenvalue weighted by molar-refractivity contribution is 7.12. The largest absolute Gasteiger partial charge is 0.339 e. The van der Waals surface area contributed by atoms with Crippen molar-refractivity contribution in [2.24, 2.45) is 5.92 Å². The Morgan fingerprint density at radius 3 is 3.08 bits per heavy atom. The first-order valence-corrected chi connectivity index (χ1v) is 9.47. The van der Waals surface area contributed by atoms with Gasteiger partial charge in [-0.1, -0.05) is 25.4 Å². The second-order valence-corrected chi connectivity index (χ2v) is 8.57. The molecule has 1 aliphatic carbocycles. The summed E-state index contributed by atoms with van der Waals surface area (Å²) in [6.45, 7) is 7.18. The molecule has 0 unspecified atom stereocenters. The molecule has 1 aliphatic heterocycles. The van der Waals surface area contributed by atoms with E-state index in [-0.39, 0.29) is 5.41 Å². The van der Waals surface area contributed by atoms with Crippen LogP contribution >= 0.6 is 11.3 Å². The van der Waals surface area contributed by atoms with Crippen molar-refractivity contribution in [2.75, 3.05) is 13.1 Å². The molecular weight excluding hydrogens is 320 g/mol. The van der Waals surface area contributed by atoms with Crippen LogP contribution in [0.2, 0.25) is 0 Å².